The molecule has 5 nitrogen and oxygen atoms in total. The van der Waals surface area contributed by atoms with Gasteiger partial charge in [0.05, 0.1) is 0 Å². The van der Waals surface area contributed by atoms with Crippen LogP contribution in [-0.4, -0.2) is 15.9 Å². The Kier molecular flexibility index (Phi) is 4.86. The van der Waals surface area contributed by atoms with E-state index in [-0.39, 0.29) is 5.91 Å². The largest absolute Gasteiger partial charge is 0.340 e. The smallest absolute Gasteiger partial charge is 0.274 e. The summed E-state index contributed by atoms with van der Waals surface area (Å²) in [7, 11) is 0. The van der Waals surface area contributed by atoms with E-state index < -0.39 is 0 Å². The van der Waals surface area contributed by atoms with Gasteiger partial charge < -0.3 is 10.6 Å². The third kappa shape index (κ3) is 3.97. The SMILES string of the molecule is Cc1cc(Br)ccc1Nc1cc(C(=O)Nc2ccccc2)ncn1. The maximum absolute atomic E-state index is 12.3. The van der Waals surface area contributed by atoms with E-state index in [9.17, 15) is 4.79 Å². The molecule has 0 aliphatic heterocycles. The number of nitrogens with zero attached hydrogens (tertiary/aromatic N) is 2. The predicted molar refractivity (Wildman–Crippen MR) is 98.6 cm³/mol. The zero-order valence-corrected chi connectivity index (χ0v) is 14.5. The molecule has 24 heavy (non-hydrogen) atoms. The van der Waals surface area contributed by atoms with Gasteiger partial charge >= 0.3 is 0 Å². The highest BCUT2D eigenvalue weighted by Gasteiger charge is 2.10. The molecule has 0 saturated heterocycles. The van der Waals surface area contributed by atoms with E-state index in [0.717, 1.165) is 21.4 Å². The van der Waals surface area contributed by atoms with Crippen LogP contribution in [0.5, 0.6) is 0 Å². The lowest BCUT2D eigenvalue weighted by molar-refractivity contribution is 0.102. The summed E-state index contributed by atoms with van der Waals surface area (Å²) < 4.78 is 1.01. The summed E-state index contributed by atoms with van der Waals surface area (Å²) in [6.45, 7) is 2.00. The van der Waals surface area contributed by atoms with Gasteiger partial charge in [0.1, 0.15) is 17.8 Å². The Morgan fingerprint density at radius 3 is 2.58 bits per heavy atom. The fourth-order valence-corrected chi connectivity index (χ4v) is 2.65. The van der Waals surface area contributed by atoms with Crippen molar-refractivity contribution in [1.29, 1.82) is 0 Å². The lowest BCUT2D eigenvalue weighted by atomic mass is 10.2. The Bertz CT molecular complexity index is 868. The van der Waals surface area contributed by atoms with Crippen LogP contribution in [0.2, 0.25) is 0 Å². The topological polar surface area (TPSA) is 66.9 Å². The molecule has 0 atom stereocenters. The van der Waals surface area contributed by atoms with Crippen molar-refractivity contribution >= 4 is 39.0 Å². The molecule has 0 aliphatic rings. The lowest BCUT2D eigenvalue weighted by Crippen LogP contribution is -2.14. The number of carbonyl (C=O) groups excluding carboxylic acids is 1. The van der Waals surface area contributed by atoms with E-state index in [0.29, 0.717) is 11.5 Å². The monoisotopic (exact) mass is 382 g/mol. The predicted octanol–water partition coefficient (Wildman–Crippen LogP) is 4.54. The van der Waals surface area contributed by atoms with E-state index in [1.807, 2.05) is 55.5 Å². The maximum atomic E-state index is 12.3. The van der Waals surface area contributed by atoms with E-state index >= 15 is 0 Å². The second-order valence-corrected chi connectivity index (χ2v) is 6.11. The zero-order chi connectivity index (χ0) is 16.9. The van der Waals surface area contributed by atoms with Crippen LogP contribution in [0.25, 0.3) is 0 Å². The van der Waals surface area contributed by atoms with Crippen LogP contribution in [0.4, 0.5) is 17.2 Å². The quantitative estimate of drug-likeness (QED) is 0.694. The van der Waals surface area contributed by atoms with Crippen LogP contribution in [0.3, 0.4) is 0 Å². The van der Waals surface area contributed by atoms with Crippen LogP contribution in [0.15, 0.2) is 65.4 Å². The fraction of sp³-hybridized carbons (Fsp3) is 0.0556. The zero-order valence-electron chi connectivity index (χ0n) is 13.0. The fourth-order valence-electron chi connectivity index (χ4n) is 2.17. The van der Waals surface area contributed by atoms with Crippen LogP contribution in [0, 0.1) is 6.92 Å². The molecule has 1 amide bonds. The molecule has 6 heteroatoms. The highest BCUT2D eigenvalue weighted by Crippen LogP contribution is 2.23. The minimum absolute atomic E-state index is 0.279. The van der Waals surface area contributed by atoms with E-state index in [4.69, 9.17) is 0 Å². The summed E-state index contributed by atoms with van der Waals surface area (Å²) in [4.78, 5) is 20.5. The summed E-state index contributed by atoms with van der Waals surface area (Å²) >= 11 is 3.44. The van der Waals surface area contributed by atoms with Crippen molar-refractivity contribution in [3.63, 3.8) is 0 Å². The van der Waals surface area contributed by atoms with Gasteiger partial charge in [0.25, 0.3) is 5.91 Å². The second-order valence-electron chi connectivity index (χ2n) is 5.19. The molecular weight excluding hydrogens is 368 g/mol. The van der Waals surface area contributed by atoms with Crippen molar-refractivity contribution in [3.05, 3.63) is 76.7 Å². The number of aromatic nitrogens is 2. The third-order valence-corrected chi connectivity index (χ3v) is 3.88. The molecule has 0 unspecified atom stereocenters. The van der Waals surface area contributed by atoms with Gasteiger partial charge in [-0.3, -0.25) is 4.79 Å². The van der Waals surface area contributed by atoms with Crippen LogP contribution >= 0.6 is 15.9 Å². The van der Waals surface area contributed by atoms with Gasteiger partial charge in [-0.15, -0.1) is 0 Å². The summed E-state index contributed by atoms with van der Waals surface area (Å²) in [5.41, 5.74) is 3.01. The number of halogens is 1. The van der Waals surface area contributed by atoms with Crippen molar-refractivity contribution in [1.82, 2.24) is 9.97 Å². The van der Waals surface area contributed by atoms with Crippen molar-refractivity contribution in [2.75, 3.05) is 10.6 Å². The van der Waals surface area contributed by atoms with Gasteiger partial charge in [0.2, 0.25) is 0 Å². The van der Waals surface area contributed by atoms with Crippen molar-refractivity contribution in [2.24, 2.45) is 0 Å². The molecule has 0 spiro atoms. The molecule has 1 aromatic heterocycles. The van der Waals surface area contributed by atoms with Gasteiger partial charge in [0, 0.05) is 21.9 Å². The highest BCUT2D eigenvalue weighted by molar-refractivity contribution is 9.10. The number of anilines is 3. The first-order chi connectivity index (χ1) is 11.6. The number of benzene rings is 2. The van der Waals surface area contributed by atoms with Gasteiger partial charge in [0.15, 0.2) is 0 Å². The standard InChI is InChI=1S/C18H15BrN4O/c1-12-9-13(19)7-8-15(12)23-17-10-16(20-11-21-17)18(24)22-14-5-3-2-4-6-14/h2-11H,1H3,(H,22,24)(H,20,21,23). The summed E-state index contributed by atoms with van der Waals surface area (Å²) in [6.07, 6.45) is 1.37. The van der Waals surface area contributed by atoms with E-state index in [1.54, 1.807) is 6.07 Å². The molecule has 3 rings (SSSR count). The lowest BCUT2D eigenvalue weighted by Gasteiger charge is -2.10. The molecule has 0 bridgehead atoms. The van der Waals surface area contributed by atoms with Crippen LogP contribution < -0.4 is 10.6 Å². The van der Waals surface area contributed by atoms with Gasteiger partial charge in [-0.25, -0.2) is 9.97 Å². The first kappa shape index (κ1) is 16.1. The number of hydrogen-bond donors (Lipinski definition) is 2. The van der Waals surface area contributed by atoms with Crippen LogP contribution in [-0.2, 0) is 0 Å². The minimum atomic E-state index is -0.279. The minimum Gasteiger partial charge on any atom is -0.340 e. The number of rotatable bonds is 4. The Morgan fingerprint density at radius 1 is 1.04 bits per heavy atom. The molecular formula is C18H15BrN4O. The number of para-hydroxylation sites is 1. The highest BCUT2D eigenvalue weighted by atomic mass is 79.9. The molecule has 0 fully saturated rings. The summed E-state index contributed by atoms with van der Waals surface area (Å²) in [5.74, 6) is 0.285. The molecule has 2 aromatic carbocycles. The molecule has 0 saturated carbocycles. The Balaban J connectivity index is 1.77. The number of nitrogens with one attached hydrogen (secondary N) is 2. The maximum Gasteiger partial charge on any atom is 0.274 e. The number of aryl methyl sites for hydroxylation is 1. The number of carbonyl (C=O) groups is 1. The molecule has 0 radical (unpaired) electrons. The number of hydrogen-bond acceptors (Lipinski definition) is 4. The summed E-state index contributed by atoms with van der Waals surface area (Å²) in [6, 6.07) is 16.8. The van der Waals surface area contributed by atoms with Crippen LogP contribution in [0.1, 0.15) is 16.1 Å². The van der Waals surface area contributed by atoms with Crippen molar-refractivity contribution in [3.8, 4) is 0 Å². The summed E-state index contributed by atoms with van der Waals surface area (Å²) in [5, 5.41) is 6.01. The van der Waals surface area contributed by atoms with E-state index in [2.05, 4.69) is 36.5 Å². The first-order valence-corrected chi connectivity index (χ1v) is 8.13. The van der Waals surface area contributed by atoms with Gasteiger partial charge in [-0.2, -0.15) is 0 Å². The van der Waals surface area contributed by atoms with Gasteiger partial charge in [-0.1, -0.05) is 34.1 Å². The average Bonchev–Trinajstić information content (AvgIpc) is 2.59. The average molecular weight is 383 g/mol. The molecule has 3 aromatic rings. The second kappa shape index (κ2) is 7.23. The number of amides is 1. The Labute approximate surface area is 148 Å². The molecule has 1 heterocycles. The van der Waals surface area contributed by atoms with Gasteiger partial charge in [-0.05, 0) is 42.8 Å². The first-order valence-electron chi connectivity index (χ1n) is 7.33. The van der Waals surface area contributed by atoms with Crippen molar-refractivity contribution in [2.45, 2.75) is 6.92 Å². The Hall–Kier alpha value is -2.73. The Morgan fingerprint density at radius 2 is 1.83 bits per heavy atom. The molecule has 2 N–H and O–H groups in total. The van der Waals surface area contributed by atoms with Crippen molar-refractivity contribution < 1.29 is 4.79 Å². The molecule has 0 aliphatic carbocycles. The molecule has 120 valence electrons. The normalized spacial score (nSPS) is 10.2. The third-order valence-electron chi connectivity index (χ3n) is 3.38. The van der Waals surface area contributed by atoms with E-state index in [1.165, 1.54) is 6.33 Å².